The zero-order valence-corrected chi connectivity index (χ0v) is 12.5. The molecule has 1 aromatic heterocycles. The Morgan fingerprint density at radius 2 is 2.24 bits per heavy atom. The molecule has 2 aromatic rings. The van der Waals surface area contributed by atoms with Gasteiger partial charge in [0.15, 0.2) is 5.82 Å². The van der Waals surface area contributed by atoms with Crippen molar-refractivity contribution in [2.45, 2.75) is 23.4 Å². The maximum absolute atomic E-state index is 11.4. The van der Waals surface area contributed by atoms with Crippen LogP contribution in [-0.2, 0) is 16.1 Å². The quantitative estimate of drug-likeness (QED) is 0.851. The van der Waals surface area contributed by atoms with Crippen LogP contribution in [0.5, 0.6) is 5.75 Å². The lowest BCUT2D eigenvalue weighted by Crippen LogP contribution is -2.09. The number of aromatic amines is 1. The van der Waals surface area contributed by atoms with Crippen molar-refractivity contribution >= 4 is 29.3 Å². The van der Waals surface area contributed by atoms with Crippen molar-refractivity contribution in [3.8, 4) is 5.75 Å². The highest BCUT2D eigenvalue weighted by Crippen LogP contribution is 2.26. The Kier molecular flexibility index (Phi) is 4.31. The zero-order chi connectivity index (χ0) is 14.7. The Morgan fingerprint density at radius 3 is 2.95 bits per heavy atom. The number of hydrogen-bond donors (Lipinski definition) is 1. The summed E-state index contributed by atoms with van der Waals surface area (Å²) >= 11 is 7.10. The summed E-state index contributed by atoms with van der Waals surface area (Å²) in [7, 11) is 0. The van der Waals surface area contributed by atoms with Gasteiger partial charge in [0.1, 0.15) is 17.6 Å². The van der Waals surface area contributed by atoms with Gasteiger partial charge in [-0.25, -0.2) is 4.98 Å². The maximum atomic E-state index is 11.4. The number of nitrogens with zero attached hydrogens (tertiary/aromatic N) is 2. The van der Waals surface area contributed by atoms with E-state index in [2.05, 4.69) is 15.2 Å². The number of aromatic nitrogens is 3. The summed E-state index contributed by atoms with van der Waals surface area (Å²) in [6.07, 6.45) is 0.689. The highest BCUT2D eigenvalue weighted by molar-refractivity contribution is 8.00. The van der Waals surface area contributed by atoms with Crippen molar-refractivity contribution in [2.24, 2.45) is 0 Å². The van der Waals surface area contributed by atoms with Crippen LogP contribution in [0.1, 0.15) is 12.2 Å². The number of halogens is 1. The first-order valence-electron chi connectivity index (χ1n) is 6.33. The summed E-state index contributed by atoms with van der Waals surface area (Å²) in [5, 5.41) is 7.81. The van der Waals surface area contributed by atoms with Gasteiger partial charge < -0.3 is 9.47 Å². The van der Waals surface area contributed by atoms with E-state index in [0.29, 0.717) is 34.8 Å². The first-order valence-corrected chi connectivity index (χ1v) is 7.59. The van der Waals surface area contributed by atoms with Crippen LogP contribution in [0.4, 0.5) is 0 Å². The SMILES string of the molecule is O=C1OCC[C@H]1Sc1n[nH]c(COc2ccc(Cl)cc2)n1. The fourth-order valence-corrected chi connectivity index (χ4v) is 2.81. The topological polar surface area (TPSA) is 77.1 Å². The van der Waals surface area contributed by atoms with Crippen LogP contribution in [0.25, 0.3) is 0 Å². The molecule has 1 aliphatic rings. The fourth-order valence-electron chi connectivity index (χ4n) is 1.79. The fraction of sp³-hybridized carbons (Fsp3) is 0.308. The molecule has 0 radical (unpaired) electrons. The molecule has 0 saturated carbocycles. The molecule has 1 saturated heterocycles. The second-order valence-corrected chi connectivity index (χ2v) is 5.98. The smallest absolute Gasteiger partial charge is 0.319 e. The van der Waals surface area contributed by atoms with Gasteiger partial charge in [-0.1, -0.05) is 23.4 Å². The van der Waals surface area contributed by atoms with E-state index in [1.165, 1.54) is 11.8 Å². The van der Waals surface area contributed by atoms with Crippen LogP contribution in [0.15, 0.2) is 29.4 Å². The van der Waals surface area contributed by atoms with Crippen molar-refractivity contribution in [3.05, 3.63) is 35.1 Å². The molecule has 0 bridgehead atoms. The number of H-pyrrole nitrogens is 1. The first kappa shape index (κ1) is 14.2. The maximum Gasteiger partial charge on any atom is 0.319 e. The number of cyclic esters (lactones) is 1. The van der Waals surface area contributed by atoms with Crippen molar-refractivity contribution in [1.29, 1.82) is 0 Å². The number of esters is 1. The highest BCUT2D eigenvalue weighted by Gasteiger charge is 2.28. The van der Waals surface area contributed by atoms with Crippen LogP contribution < -0.4 is 4.74 Å². The first-order chi connectivity index (χ1) is 10.2. The van der Waals surface area contributed by atoms with Crippen molar-refractivity contribution in [2.75, 3.05) is 6.61 Å². The lowest BCUT2D eigenvalue weighted by Gasteiger charge is -2.03. The number of carbonyl (C=O) groups excluding carboxylic acids is 1. The summed E-state index contributed by atoms with van der Waals surface area (Å²) in [6.45, 7) is 0.734. The standard InChI is InChI=1S/C13H12ClN3O3S/c14-8-1-3-9(4-2-8)20-7-11-15-13(17-16-11)21-10-5-6-19-12(10)18/h1-4,10H,5-7H2,(H,15,16,17)/t10-/m1/s1. The van der Waals surface area contributed by atoms with Crippen molar-refractivity contribution < 1.29 is 14.3 Å². The van der Waals surface area contributed by atoms with E-state index < -0.39 is 0 Å². The van der Waals surface area contributed by atoms with Gasteiger partial charge >= 0.3 is 5.97 Å². The van der Waals surface area contributed by atoms with Gasteiger partial charge in [0.2, 0.25) is 5.16 Å². The molecule has 1 aromatic carbocycles. The molecule has 0 unspecified atom stereocenters. The van der Waals surface area contributed by atoms with Crippen molar-refractivity contribution in [1.82, 2.24) is 15.2 Å². The van der Waals surface area contributed by atoms with Crippen molar-refractivity contribution in [3.63, 3.8) is 0 Å². The van der Waals surface area contributed by atoms with Crippen LogP contribution in [-0.4, -0.2) is 33.0 Å². The second kappa shape index (κ2) is 6.36. The van der Waals surface area contributed by atoms with E-state index >= 15 is 0 Å². The number of rotatable bonds is 5. The minimum Gasteiger partial charge on any atom is -0.486 e. The third kappa shape index (κ3) is 3.68. The number of thioether (sulfide) groups is 1. The predicted octanol–water partition coefficient (Wildman–Crippen LogP) is 2.44. The van der Waals surface area contributed by atoms with Gasteiger partial charge in [-0.05, 0) is 24.3 Å². The Balaban J connectivity index is 1.55. The normalized spacial score (nSPS) is 17.8. The van der Waals surface area contributed by atoms with Gasteiger partial charge in [0.05, 0.1) is 6.61 Å². The van der Waals surface area contributed by atoms with Gasteiger partial charge in [0, 0.05) is 11.4 Å². The summed E-state index contributed by atoms with van der Waals surface area (Å²) in [4.78, 5) is 15.7. The number of hydrogen-bond acceptors (Lipinski definition) is 6. The van der Waals surface area contributed by atoms with E-state index in [1.54, 1.807) is 24.3 Å². The van der Waals surface area contributed by atoms with E-state index in [-0.39, 0.29) is 17.8 Å². The molecule has 0 spiro atoms. The number of benzene rings is 1. The number of carbonyl (C=O) groups is 1. The Bertz CT molecular complexity index is 632. The average molecular weight is 326 g/mol. The molecular formula is C13H12ClN3O3S. The summed E-state index contributed by atoms with van der Waals surface area (Å²) in [6, 6.07) is 7.07. The van der Waals surface area contributed by atoms with E-state index in [0.717, 1.165) is 0 Å². The molecule has 6 nitrogen and oxygen atoms in total. The monoisotopic (exact) mass is 325 g/mol. The van der Waals surface area contributed by atoms with Crippen LogP contribution in [0, 0.1) is 0 Å². The largest absolute Gasteiger partial charge is 0.486 e. The highest BCUT2D eigenvalue weighted by atomic mass is 35.5. The lowest BCUT2D eigenvalue weighted by atomic mass is 10.3. The predicted molar refractivity (Wildman–Crippen MR) is 77.4 cm³/mol. The molecule has 0 aliphatic carbocycles. The third-order valence-electron chi connectivity index (χ3n) is 2.84. The van der Waals surface area contributed by atoms with Crippen LogP contribution >= 0.6 is 23.4 Å². The summed E-state index contributed by atoms with van der Waals surface area (Å²) < 4.78 is 10.5. The van der Waals surface area contributed by atoms with E-state index in [9.17, 15) is 4.79 Å². The van der Waals surface area contributed by atoms with Gasteiger partial charge in [-0.3, -0.25) is 9.89 Å². The average Bonchev–Trinajstić information content (AvgIpc) is 3.09. The van der Waals surface area contributed by atoms with Gasteiger partial charge in [-0.15, -0.1) is 5.10 Å². The van der Waals surface area contributed by atoms with Gasteiger partial charge in [0.25, 0.3) is 0 Å². The molecule has 21 heavy (non-hydrogen) atoms. The minimum atomic E-state index is -0.217. The van der Waals surface area contributed by atoms with E-state index in [1.807, 2.05) is 0 Å². The van der Waals surface area contributed by atoms with Crippen LogP contribution in [0.2, 0.25) is 5.02 Å². The molecule has 2 heterocycles. The Labute approximate surface area is 130 Å². The second-order valence-electron chi connectivity index (χ2n) is 4.37. The molecular weight excluding hydrogens is 314 g/mol. The molecule has 3 rings (SSSR count). The summed E-state index contributed by atoms with van der Waals surface area (Å²) in [5.74, 6) is 1.09. The van der Waals surface area contributed by atoms with Gasteiger partial charge in [-0.2, -0.15) is 0 Å². The lowest BCUT2D eigenvalue weighted by molar-refractivity contribution is -0.137. The third-order valence-corrected chi connectivity index (χ3v) is 4.19. The molecule has 1 aliphatic heterocycles. The molecule has 110 valence electrons. The molecule has 1 fully saturated rings. The molecule has 0 amide bonds. The zero-order valence-electron chi connectivity index (χ0n) is 10.9. The minimum absolute atomic E-state index is 0.205. The van der Waals surface area contributed by atoms with E-state index in [4.69, 9.17) is 21.1 Å². The Hall–Kier alpha value is -1.73. The number of nitrogens with one attached hydrogen (secondary N) is 1. The van der Waals surface area contributed by atoms with Crippen LogP contribution in [0.3, 0.4) is 0 Å². The molecule has 1 atom stereocenters. The number of ether oxygens (including phenoxy) is 2. The molecule has 1 N–H and O–H groups in total. The molecule has 8 heteroatoms. The Morgan fingerprint density at radius 1 is 1.43 bits per heavy atom. The summed E-state index contributed by atoms with van der Waals surface area (Å²) in [5.41, 5.74) is 0.